The highest BCUT2D eigenvalue weighted by Gasteiger charge is 2.27. The molecule has 1 rings (SSSR count). The molecule has 0 fully saturated rings. The molecule has 0 aliphatic carbocycles. The molecule has 0 aromatic heterocycles. The Morgan fingerprint density at radius 1 is 1.38 bits per heavy atom. The normalized spacial score (nSPS) is 12.9. The van der Waals surface area contributed by atoms with Gasteiger partial charge in [-0.3, -0.25) is 4.79 Å². The van der Waals surface area contributed by atoms with Gasteiger partial charge in [-0.25, -0.2) is 4.39 Å². The van der Waals surface area contributed by atoms with Crippen LogP contribution in [0.4, 0.5) is 17.6 Å². The van der Waals surface area contributed by atoms with Crippen LogP contribution in [0.5, 0.6) is 5.75 Å². The Kier molecular flexibility index (Phi) is 5.95. The van der Waals surface area contributed by atoms with Gasteiger partial charge < -0.3 is 15.4 Å². The van der Waals surface area contributed by atoms with Gasteiger partial charge in [-0.05, 0) is 20.0 Å². The van der Waals surface area contributed by atoms with Crippen molar-refractivity contribution in [1.29, 1.82) is 0 Å². The first-order chi connectivity index (χ1) is 9.73. The molecule has 0 saturated heterocycles. The van der Waals surface area contributed by atoms with Gasteiger partial charge in [-0.1, -0.05) is 6.07 Å². The van der Waals surface area contributed by atoms with E-state index in [2.05, 4.69) is 5.32 Å². The Bertz CT molecular complexity index is 492. The summed E-state index contributed by atoms with van der Waals surface area (Å²) in [5.41, 5.74) is 0.600. The van der Waals surface area contributed by atoms with E-state index in [1.807, 2.05) is 0 Å². The molecule has 1 aromatic rings. The molecule has 1 unspecified atom stereocenters. The second-order valence-electron chi connectivity index (χ2n) is 4.37. The minimum atomic E-state index is -4.49. The van der Waals surface area contributed by atoms with Crippen molar-refractivity contribution >= 4 is 5.91 Å². The topological polar surface area (TPSA) is 50.4 Å². The second-order valence-corrected chi connectivity index (χ2v) is 4.37. The number of alkyl halides is 3. The Labute approximate surface area is 119 Å². The van der Waals surface area contributed by atoms with Crippen LogP contribution in [-0.4, -0.2) is 32.3 Å². The lowest BCUT2D eigenvalue weighted by Crippen LogP contribution is -2.36. The van der Waals surface area contributed by atoms with E-state index in [9.17, 15) is 22.4 Å². The third kappa shape index (κ3) is 5.99. The van der Waals surface area contributed by atoms with Gasteiger partial charge in [0, 0.05) is 17.7 Å². The number of rotatable bonds is 6. The zero-order chi connectivity index (χ0) is 16.0. The summed E-state index contributed by atoms with van der Waals surface area (Å²) in [6.45, 7) is -0.259. The third-order valence-electron chi connectivity index (χ3n) is 2.72. The van der Waals surface area contributed by atoms with E-state index >= 15 is 0 Å². The summed E-state index contributed by atoms with van der Waals surface area (Å²) in [6.07, 6.45) is -4.49. The van der Waals surface area contributed by atoms with E-state index in [1.165, 1.54) is 12.1 Å². The molecule has 0 bridgehead atoms. The number of hydrogen-bond acceptors (Lipinski definition) is 3. The van der Waals surface area contributed by atoms with Gasteiger partial charge in [-0.15, -0.1) is 0 Å². The van der Waals surface area contributed by atoms with Gasteiger partial charge in [0.15, 0.2) is 6.61 Å². The molecule has 1 aromatic carbocycles. The average molecular weight is 308 g/mol. The molecule has 8 heteroatoms. The molecule has 1 atom stereocenters. The van der Waals surface area contributed by atoms with E-state index < -0.39 is 31.1 Å². The molecule has 0 aliphatic rings. The average Bonchev–Trinajstić information content (AvgIpc) is 2.41. The lowest BCUT2D eigenvalue weighted by molar-refractivity contribution is -0.139. The third-order valence-corrected chi connectivity index (χ3v) is 2.72. The van der Waals surface area contributed by atoms with Crippen molar-refractivity contribution in [3.63, 3.8) is 0 Å². The molecule has 118 valence electrons. The lowest BCUT2D eigenvalue weighted by Gasteiger charge is -2.16. The molecule has 0 aliphatic heterocycles. The molecular weight excluding hydrogens is 292 g/mol. The van der Waals surface area contributed by atoms with Gasteiger partial charge >= 0.3 is 6.18 Å². The van der Waals surface area contributed by atoms with Crippen LogP contribution in [0.15, 0.2) is 18.2 Å². The fourth-order valence-corrected chi connectivity index (χ4v) is 1.54. The second kappa shape index (κ2) is 7.26. The molecule has 21 heavy (non-hydrogen) atoms. The van der Waals surface area contributed by atoms with Crippen molar-refractivity contribution < 1.29 is 27.1 Å². The smallest absolute Gasteiger partial charge is 0.405 e. The number of carbonyl (C=O) groups is 1. The summed E-state index contributed by atoms with van der Waals surface area (Å²) in [6, 6.07) is 3.64. The fourth-order valence-electron chi connectivity index (χ4n) is 1.54. The van der Waals surface area contributed by atoms with Gasteiger partial charge in [0.05, 0.1) is 0 Å². The molecule has 4 nitrogen and oxygen atoms in total. The predicted octanol–water partition coefficient (Wildman–Crippen LogP) is 2.16. The Morgan fingerprint density at radius 2 is 2.05 bits per heavy atom. The molecular formula is C13H16F4N2O2. The fraction of sp³-hybridized carbons (Fsp3) is 0.462. The maximum Gasteiger partial charge on any atom is 0.405 e. The van der Waals surface area contributed by atoms with Crippen LogP contribution in [0.1, 0.15) is 18.5 Å². The quantitative estimate of drug-likeness (QED) is 0.792. The predicted molar refractivity (Wildman–Crippen MR) is 68.4 cm³/mol. The number of hydrogen-bond donors (Lipinski definition) is 2. The van der Waals surface area contributed by atoms with Crippen molar-refractivity contribution in [2.75, 3.05) is 20.2 Å². The standard InChI is InChI=1S/C13H16F4N2O2/c1-8(18-2)10-4-3-9(14)5-11(10)21-6-12(20)19-7-13(15,16)17/h3-5,8,18H,6-7H2,1-2H3,(H,19,20). The zero-order valence-electron chi connectivity index (χ0n) is 11.6. The molecule has 0 radical (unpaired) electrons. The zero-order valence-corrected chi connectivity index (χ0v) is 11.6. The van der Waals surface area contributed by atoms with E-state index in [4.69, 9.17) is 4.74 Å². The summed E-state index contributed by atoms with van der Waals surface area (Å²) >= 11 is 0. The minimum absolute atomic E-state index is 0.110. The van der Waals surface area contributed by atoms with E-state index in [0.29, 0.717) is 5.56 Å². The first kappa shape index (κ1) is 17.2. The number of carbonyl (C=O) groups excluding carboxylic acids is 1. The van der Waals surface area contributed by atoms with Crippen molar-refractivity contribution in [1.82, 2.24) is 10.6 Å². The SMILES string of the molecule is CNC(C)c1ccc(F)cc1OCC(=O)NCC(F)(F)F. The molecule has 0 heterocycles. The number of nitrogens with one attached hydrogen (secondary N) is 2. The first-order valence-corrected chi connectivity index (χ1v) is 6.16. The van der Waals surface area contributed by atoms with Crippen LogP contribution >= 0.6 is 0 Å². The molecule has 1 amide bonds. The monoisotopic (exact) mass is 308 g/mol. The maximum atomic E-state index is 13.2. The number of halogens is 4. The Morgan fingerprint density at radius 3 is 2.62 bits per heavy atom. The minimum Gasteiger partial charge on any atom is -0.483 e. The van der Waals surface area contributed by atoms with Gasteiger partial charge in [0.1, 0.15) is 18.1 Å². The summed E-state index contributed by atoms with van der Waals surface area (Å²) in [4.78, 5) is 11.3. The van der Waals surface area contributed by atoms with Gasteiger partial charge in [0.2, 0.25) is 0 Å². The Hall–Kier alpha value is -1.83. The molecule has 2 N–H and O–H groups in total. The maximum absolute atomic E-state index is 13.2. The van der Waals surface area contributed by atoms with Crippen molar-refractivity contribution in [3.8, 4) is 5.75 Å². The van der Waals surface area contributed by atoms with Crippen molar-refractivity contribution in [2.45, 2.75) is 19.1 Å². The molecule has 0 spiro atoms. The lowest BCUT2D eigenvalue weighted by atomic mass is 10.1. The van der Waals surface area contributed by atoms with Crippen LogP contribution in [-0.2, 0) is 4.79 Å². The summed E-state index contributed by atoms with van der Waals surface area (Å²) in [5, 5.41) is 4.59. The van der Waals surface area contributed by atoms with Crippen molar-refractivity contribution in [3.05, 3.63) is 29.6 Å². The number of amides is 1. The van der Waals surface area contributed by atoms with E-state index in [1.54, 1.807) is 19.3 Å². The van der Waals surface area contributed by atoms with E-state index in [0.717, 1.165) is 6.07 Å². The first-order valence-electron chi connectivity index (χ1n) is 6.16. The Balaban J connectivity index is 2.66. The number of ether oxygens (including phenoxy) is 1. The molecule has 0 saturated carbocycles. The highest BCUT2D eigenvalue weighted by atomic mass is 19.4. The summed E-state index contributed by atoms with van der Waals surface area (Å²) in [7, 11) is 1.69. The van der Waals surface area contributed by atoms with Crippen LogP contribution in [0.2, 0.25) is 0 Å². The van der Waals surface area contributed by atoms with E-state index in [-0.39, 0.29) is 11.8 Å². The van der Waals surface area contributed by atoms with Crippen LogP contribution in [0.25, 0.3) is 0 Å². The highest BCUT2D eigenvalue weighted by Crippen LogP contribution is 2.25. The van der Waals surface area contributed by atoms with Gasteiger partial charge in [-0.2, -0.15) is 13.2 Å². The summed E-state index contributed by atoms with van der Waals surface area (Å²) < 4.78 is 54.1. The summed E-state index contributed by atoms with van der Waals surface area (Å²) in [5.74, 6) is -1.38. The van der Waals surface area contributed by atoms with Crippen LogP contribution < -0.4 is 15.4 Å². The van der Waals surface area contributed by atoms with Crippen LogP contribution in [0.3, 0.4) is 0 Å². The largest absolute Gasteiger partial charge is 0.483 e. The van der Waals surface area contributed by atoms with Crippen LogP contribution in [0, 0.1) is 5.82 Å². The van der Waals surface area contributed by atoms with Gasteiger partial charge in [0.25, 0.3) is 5.91 Å². The highest BCUT2D eigenvalue weighted by molar-refractivity contribution is 5.77. The van der Waals surface area contributed by atoms with Crippen molar-refractivity contribution in [2.24, 2.45) is 0 Å². The number of benzene rings is 1.